The highest BCUT2D eigenvalue weighted by atomic mass is 35.5. The van der Waals surface area contributed by atoms with E-state index < -0.39 is 5.54 Å². The number of rotatable bonds is 3. The van der Waals surface area contributed by atoms with Crippen molar-refractivity contribution >= 4 is 11.6 Å². The Labute approximate surface area is 117 Å². The van der Waals surface area contributed by atoms with Crippen molar-refractivity contribution in [2.75, 3.05) is 0 Å². The van der Waals surface area contributed by atoms with Crippen LogP contribution < -0.4 is 5.73 Å². The summed E-state index contributed by atoms with van der Waals surface area (Å²) in [5.41, 5.74) is 6.89. The average Bonchev–Trinajstić information content (AvgIpc) is 3.02. The Morgan fingerprint density at radius 3 is 2.74 bits per heavy atom. The quantitative estimate of drug-likeness (QED) is 0.936. The second kappa shape index (κ2) is 4.94. The second-order valence-corrected chi connectivity index (χ2v) is 5.55. The zero-order valence-electron chi connectivity index (χ0n) is 10.6. The summed E-state index contributed by atoms with van der Waals surface area (Å²) in [6.45, 7) is 0. The van der Waals surface area contributed by atoms with Crippen LogP contribution >= 0.6 is 11.6 Å². The van der Waals surface area contributed by atoms with Crippen LogP contribution in [0, 0.1) is 0 Å². The molecule has 0 atom stereocenters. The summed E-state index contributed by atoms with van der Waals surface area (Å²) in [5.74, 6) is 1.20. The van der Waals surface area contributed by atoms with E-state index in [1.54, 1.807) is 0 Å². The molecule has 0 saturated heterocycles. The van der Waals surface area contributed by atoms with Gasteiger partial charge in [-0.3, -0.25) is 0 Å². The van der Waals surface area contributed by atoms with Crippen LogP contribution in [0.5, 0.6) is 0 Å². The molecule has 1 aromatic heterocycles. The molecule has 0 unspecified atom stereocenters. The molecule has 0 amide bonds. The first kappa shape index (κ1) is 12.6. The Kier molecular flexibility index (Phi) is 3.29. The van der Waals surface area contributed by atoms with Crippen molar-refractivity contribution in [3.8, 4) is 0 Å². The topological polar surface area (TPSA) is 64.9 Å². The molecule has 1 saturated carbocycles. The first-order valence-corrected chi connectivity index (χ1v) is 6.90. The van der Waals surface area contributed by atoms with Gasteiger partial charge < -0.3 is 10.3 Å². The minimum absolute atomic E-state index is 0.401. The van der Waals surface area contributed by atoms with E-state index >= 15 is 0 Å². The number of nitrogens with two attached hydrogens (primary N) is 1. The van der Waals surface area contributed by atoms with Crippen molar-refractivity contribution in [2.45, 2.75) is 37.6 Å². The second-order valence-electron chi connectivity index (χ2n) is 5.14. The largest absolute Gasteiger partial charge is 0.339 e. The van der Waals surface area contributed by atoms with Crippen LogP contribution in [0.1, 0.15) is 43.0 Å². The fourth-order valence-corrected chi connectivity index (χ4v) is 2.77. The van der Waals surface area contributed by atoms with E-state index in [4.69, 9.17) is 21.9 Å². The highest BCUT2D eigenvalue weighted by Gasteiger charge is 2.35. The zero-order chi connectivity index (χ0) is 13.3. The average molecular weight is 278 g/mol. The van der Waals surface area contributed by atoms with Crippen LogP contribution in [0.2, 0.25) is 5.02 Å². The first-order chi connectivity index (χ1) is 9.17. The third-order valence-electron chi connectivity index (χ3n) is 3.71. The number of benzene rings is 1. The SMILES string of the molecule is NC1(c2noc(Cc3ccccc3Cl)n2)CCCC1. The third kappa shape index (κ3) is 2.51. The smallest absolute Gasteiger partial charge is 0.231 e. The molecule has 3 rings (SSSR count). The van der Waals surface area contributed by atoms with Crippen molar-refractivity contribution in [3.63, 3.8) is 0 Å². The molecule has 5 heteroatoms. The van der Waals surface area contributed by atoms with Gasteiger partial charge in [-0.05, 0) is 24.5 Å². The third-order valence-corrected chi connectivity index (χ3v) is 4.08. The van der Waals surface area contributed by atoms with Crippen LogP contribution in [-0.4, -0.2) is 10.1 Å². The summed E-state index contributed by atoms with van der Waals surface area (Å²) in [6, 6.07) is 7.66. The van der Waals surface area contributed by atoms with E-state index in [2.05, 4.69) is 10.1 Å². The molecule has 1 fully saturated rings. The Hall–Kier alpha value is -1.39. The van der Waals surface area contributed by atoms with Gasteiger partial charge in [0, 0.05) is 5.02 Å². The number of halogens is 1. The molecule has 1 heterocycles. The van der Waals surface area contributed by atoms with Gasteiger partial charge in [0.15, 0.2) is 5.82 Å². The highest BCUT2D eigenvalue weighted by molar-refractivity contribution is 6.31. The summed E-state index contributed by atoms with van der Waals surface area (Å²) >= 11 is 6.12. The van der Waals surface area contributed by atoms with Crippen LogP contribution in [-0.2, 0) is 12.0 Å². The lowest BCUT2D eigenvalue weighted by Gasteiger charge is -2.17. The molecule has 0 aliphatic heterocycles. The van der Waals surface area contributed by atoms with Crippen molar-refractivity contribution in [1.82, 2.24) is 10.1 Å². The van der Waals surface area contributed by atoms with Gasteiger partial charge in [-0.2, -0.15) is 4.98 Å². The number of hydrogen-bond donors (Lipinski definition) is 1. The summed E-state index contributed by atoms with van der Waals surface area (Å²) in [5, 5.41) is 4.76. The van der Waals surface area contributed by atoms with Gasteiger partial charge in [-0.25, -0.2) is 0 Å². The minimum atomic E-state index is -0.401. The number of aromatic nitrogens is 2. The predicted octanol–water partition coefficient (Wildman–Crippen LogP) is 3.04. The Morgan fingerprint density at radius 2 is 2.00 bits per heavy atom. The molecule has 1 aromatic carbocycles. The van der Waals surface area contributed by atoms with E-state index in [1.807, 2.05) is 24.3 Å². The first-order valence-electron chi connectivity index (χ1n) is 6.53. The van der Waals surface area contributed by atoms with E-state index in [-0.39, 0.29) is 0 Å². The summed E-state index contributed by atoms with van der Waals surface area (Å²) < 4.78 is 5.30. The molecule has 1 aliphatic rings. The Balaban J connectivity index is 1.80. The van der Waals surface area contributed by atoms with Crippen molar-refractivity contribution < 1.29 is 4.52 Å². The predicted molar refractivity (Wildman–Crippen MR) is 72.9 cm³/mol. The Morgan fingerprint density at radius 1 is 1.26 bits per heavy atom. The van der Waals surface area contributed by atoms with Crippen molar-refractivity contribution in [3.05, 3.63) is 46.6 Å². The fourth-order valence-electron chi connectivity index (χ4n) is 2.56. The van der Waals surface area contributed by atoms with Gasteiger partial charge in [-0.1, -0.05) is 47.8 Å². The van der Waals surface area contributed by atoms with Crippen LogP contribution in [0.3, 0.4) is 0 Å². The van der Waals surface area contributed by atoms with Gasteiger partial charge in [-0.15, -0.1) is 0 Å². The summed E-state index contributed by atoms with van der Waals surface area (Å²) in [4.78, 5) is 4.44. The number of nitrogens with zero attached hydrogens (tertiary/aromatic N) is 2. The standard InChI is InChI=1S/C14H16ClN3O/c15-11-6-2-1-5-10(11)9-12-17-13(18-19-12)14(16)7-3-4-8-14/h1-2,5-6H,3-4,7-9,16H2. The number of hydrogen-bond acceptors (Lipinski definition) is 4. The zero-order valence-corrected chi connectivity index (χ0v) is 11.4. The molecule has 4 nitrogen and oxygen atoms in total. The normalized spacial score (nSPS) is 17.8. The van der Waals surface area contributed by atoms with E-state index in [0.29, 0.717) is 23.2 Å². The molecule has 0 radical (unpaired) electrons. The van der Waals surface area contributed by atoms with Gasteiger partial charge >= 0.3 is 0 Å². The maximum atomic E-state index is 6.31. The van der Waals surface area contributed by atoms with Crippen LogP contribution in [0.4, 0.5) is 0 Å². The molecule has 0 bridgehead atoms. The van der Waals surface area contributed by atoms with E-state index in [0.717, 1.165) is 31.2 Å². The maximum Gasteiger partial charge on any atom is 0.231 e. The van der Waals surface area contributed by atoms with Gasteiger partial charge in [0.2, 0.25) is 5.89 Å². The maximum absolute atomic E-state index is 6.31. The molecule has 19 heavy (non-hydrogen) atoms. The van der Waals surface area contributed by atoms with Gasteiger partial charge in [0.25, 0.3) is 0 Å². The fraction of sp³-hybridized carbons (Fsp3) is 0.429. The van der Waals surface area contributed by atoms with E-state index in [1.165, 1.54) is 0 Å². The van der Waals surface area contributed by atoms with Crippen LogP contribution in [0.25, 0.3) is 0 Å². The summed E-state index contributed by atoms with van der Waals surface area (Å²) in [7, 11) is 0. The van der Waals surface area contributed by atoms with Gasteiger partial charge in [0.05, 0.1) is 12.0 Å². The monoisotopic (exact) mass is 277 g/mol. The lowest BCUT2D eigenvalue weighted by atomic mass is 9.99. The summed E-state index contributed by atoms with van der Waals surface area (Å²) in [6.07, 6.45) is 4.66. The molecular weight excluding hydrogens is 262 g/mol. The molecule has 0 spiro atoms. The molecule has 100 valence electrons. The van der Waals surface area contributed by atoms with Crippen LogP contribution in [0.15, 0.2) is 28.8 Å². The molecule has 2 aromatic rings. The van der Waals surface area contributed by atoms with E-state index in [9.17, 15) is 0 Å². The molecule has 2 N–H and O–H groups in total. The van der Waals surface area contributed by atoms with Gasteiger partial charge in [0.1, 0.15) is 0 Å². The molecular formula is C14H16ClN3O. The minimum Gasteiger partial charge on any atom is -0.339 e. The Bertz CT molecular complexity index is 576. The lowest BCUT2D eigenvalue weighted by Crippen LogP contribution is -2.34. The highest BCUT2D eigenvalue weighted by Crippen LogP contribution is 2.34. The lowest BCUT2D eigenvalue weighted by molar-refractivity contribution is 0.352. The van der Waals surface area contributed by atoms with Crippen molar-refractivity contribution in [2.24, 2.45) is 5.73 Å². The molecule has 1 aliphatic carbocycles. The van der Waals surface area contributed by atoms with Crippen molar-refractivity contribution in [1.29, 1.82) is 0 Å².